The predicted molar refractivity (Wildman–Crippen MR) is 82.7 cm³/mol. The van der Waals surface area contributed by atoms with Crippen LogP contribution in [0.2, 0.25) is 5.02 Å². The van der Waals surface area contributed by atoms with Crippen LogP contribution in [-0.2, 0) is 0 Å². The highest BCUT2D eigenvalue weighted by molar-refractivity contribution is 6.30. The Morgan fingerprint density at radius 2 is 1.89 bits per heavy atom. The number of nitrogens with zero attached hydrogens (tertiary/aromatic N) is 1. The summed E-state index contributed by atoms with van der Waals surface area (Å²) in [4.78, 5) is 2.45. The van der Waals surface area contributed by atoms with Gasteiger partial charge in [-0.25, -0.2) is 0 Å². The Balaban J connectivity index is 1.98. The van der Waals surface area contributed by atoms with Crippen LogP contribution in [0.4, 0.5) is 0 Å². The molecule has 1 saturated heterocycles. The average molecular weight is 281 g/mol. The molecular formula is C16H25ClN2. The normalized spacial score (nSPS) is 30.3. The molecule has 0 amide bonds. The van der Waals surface area contributed by atoms with E-state index < -0.39 is 0 Å². The van der Waals surface area contributed by atoms with Gasteiger partial charge >= 0.3 is 0 Å². The molecule has 4 unspecified atom stereocenters. The first-order valence-electron chi connectivity index (χ1n) is 7.19. The van der Waals surface area contributed by atoms with Crippen LogP contribution in [0.5, 0.6) is 0 Å². The Morgan fingerprint density at radius 3 is 2.53 bits per heavy atom. The van der Waals surface area contributed by atoms with Gasteiger partial charge in [0.15, 0.2) is 0 Å². The second-order valence-electron chi connectivity index (χ2n) is 6.05. The van der Waals surface area contributed by atoms with Crippen LogP contribution < -0.4 is 5.32 Å². The summed E-state index contributed by atoms with van der Waals surface area (Å²) >= 11 is 5.94. The molecule has 1 fully saturated rings. The monoisotopic (exact) mass is 280 g/mol. The maximum absolute atomic E-state index is 5.94. The molecule has 1 aliphatic rings. The van der Waals surface area contributed by atoms with E-state index in [2.05, 4.69) is 50.2 Å². The van der Waals surface area contributed by atoms with Crippen LogP contribution in [0, 0.1) is 5.92 Å². The Morgan fingerprint density at radius 1 is 1.26 bits per heavy atom. The van der Waals surface area contributed by atoms with Gasteiger partial charge in [0.1, 0.15) is 0 Å². The number of likely N-dealkylation sites (tertiary alicyclic amines) is 1. The van der Waals surface area contributed by atoms with Crippen molar-refractivity contribution < 1.29 is 0 Å². The Hall–Kier alpha value is -0.570. The molecule has 106 valence electrons. The molecule has 2 nitrogen and oxygen atoms in total. The molecule has 2 rings (SSSR count). The Bertz CT molecular complexity index is 404. The lowest BCUT2D eigenvalue weighted by Crippen LogP contribution is -2.51. The molecule has 1 heterocycles. The van der Waals surface area contributed by atoms with E-state index in [-0.39, 0.29) is 0 Å². The second-order valence-corrected chi connectivity index (χ2v) is 6.48. The van der Waals surface area contributed by atoms with Crippen molar-refractivity contribution in [1.82, 2.24) is 10.2 Å². The van der Waals surface area contributed by atoms with Crippen LogP contribution in [0.1, 0.15) is 38.8 Å². The van der Waals surface area contributed by atoms with Gasteiger partial charge in [-0.05, 0) is 50.9 Å². The number of benzene rings is 1. The van der Waals surface area contributed by atoms with Gasteiger partial charge in [0.25, 0.3) is 0 Å². The molecule has 0 aromatic heterocycles. The summed E-state index contributed by atoms with van der Waals surface area (Å²) in [5, 5.41) is 4.59. The molecule has 1 aromatic rings. The summed E-state index contributed by atoms with van der Waals surface area (Å²) in [6.07, 6.45) is 1.22. The van der Waals surface area contributed by atoms with Gasteiger partial charge in [-0.15, -0.1) is 0 Å². The third-order valence-electron chi connectivity index (χ3n) is 4.44. The maximum atomic E-state index is 5.94. The van der Waals surface area contributed by atoms with Crippen molar-refractivity contribution in [2.45, 2.75) is 45.3 Å². The highest BCUT2D eigenvalue weighted by Crippen LogP contribution is 2.24. The summed E-state index contributed by atoms with van der Waals surface area (Å²) < 4.78 is 0. The summed E-state index contributed by atoms with van der Waals surface area (Å²) in [7, 11) is 2.22. The highest BCUT2D eigenvalue weighted by Gasteiger charge is 2.29. The summed E-state index contributed by atoms with van der Waals surface area (Å²) in [5.74, 6) is 0.691. The summed E-state index contributed by atoms with van der Waals surface area (Å²) in [5.41, 5.74) is 1.31. The lowest BCUT2D eigenvalue weighted by molar-refractivity contribution is 0.116. The molecule has 19 heavy (non-hydrogen) atoms. The molecule has 0 aliphatic carbocycles. The third-order valence-corrected chi connectivity index (χ3v) is 4.70. The minimum absolute atomic E-state index is 0.375. The minimum atomic E-state index is 0.375. The lowest BCUT2D eigenvalue weighted by atomic mass is 9.89. The number of hydrogen-bond acceptors (Lipinski definition) is 2. The smallest absolute Gasteiger partial charge is 0.0406 e. The van der Waals surface area contributed by atoms with Crippen molar-refractivity contribution in [2.75, 3.05) is 13.6 Å². The van der Waals surface area contributed by atoms with E-state index in [1.165, 1.54) is 18.5 Å². The molecule has 4 atom stereocenters. The van der Waals surface area contributed by atoms with E-state index >= 15 is 0 Å². The van der Waals surface area contributed by atoms with Crippen LogP contribution in [0.3, 0.4) is 0 Å². The number of rotatable bonds is 3. The number of hydrogen-bond donors (Lipinski definition) is 1. The molecule has 1 N–H and O–H groups in total. The standard InChI is InChI=1S/C16H25ClN2/c1-11-10-19(4)12(2)9-16(11)18-13(3)14-5-7-15(17)8-6-14/h5-8,11-13,16,18H,9-10H2,1-4H3. The van der Waals surface area contributed by atoms with Gasteiger partial charge in [-0.3, -0.25) is 0 Å². The second kappa shape index (κ2) is 6.25. The number of piperidine rings is 1. The van der Waals surface area contributed by atoms with E-state index in [1.54, 1.807) is 0 Å². The molecule has 1 aromatic carbocycles. The fourth-order valence-electron chi connectivity index (χ4n) is 2.94. The molecule has 0 saturated carbocycles. The van der Waals surface area contributed by atoms with Crippen LogP contribution in [-0.4, -0.2) is 30.6 Å². The summed E-state index contributed by atoms with van der Waals surface area (Å²) in [6.45, 7) is 8.06. The molecule has 0 bridgehead atoms. The quantitative estimate of drug-likeness (QED) is 0.908. The fraction of sp³-hybridized carbons (Fsp3) is 0.625. The number of nitrogens with one attached hydrogen (secondary N) is 1. The Labute approximate surface area is 122 Å². The van der Waals surface area contributed by atoms with Gasteiger partial charge in [-0.1, -0.05) is 30.7 Å². The van der Waals surface area contributed by atoms with E-state index in [0.717, 1.165) is 5.02 Å². The highest BCUT2D eigenvalue weighted by atomic mass is 35.5. The van der Waals surface area contributed by atoms with E-state index in [9.17, 15) is 0 Å². The summed E-state index contributed by atoms with van der Waals surface area (Å²) in [6, 6.07) is 9.79. The van der Waals surface area contributed by atoms with Gasteiger partial charge in [0, 0.05) is 29.7 Å². The minimum Gasteiger partial charge on any atom is -0.307 e. The lowest BCUT2D eigenvalue weighted by Gasteiger charge is -2.41. The van der Waals surface area contributed by atoms with Crippen LogP contribution >= 0.6 is 11.6 Å². The zero-order valence-corrected chi connectivity index (χ0v) is 13.1. The van der Waals surface area contributed by atoms with Gasteiger partial charge < -0.3 is 10.2 Å². The SMILES string of the molecule is CC(NC1CC(C)N(C)CC1C)c1ccc(Cl)cc1. The third kappa shape index (κ3) is 3.71. The van der Waals surface area contributed by atoms with Gasteiger partial charge in [0.05, 0.1) is 0 Å². The maximum Gasteiger partial charge on any atom is 0.0406 e. The van der Waals surface area contributed by atoms with Crippen LogP contribution in [0.15, 0.2) is 24.3 Å². The van der Waals surface area contributed by atoms with E-state index in [1.807, 2.05) is 12.1 Å². The van der Waals surface area contributed by atoms with Crippen molar-refractivity contribution in [1.29, 1.82) is 0 Å². The van der Waals surface area contributed by atoms with E-state index in [4.69, 9.17) is 11.6 Å². The van der Waals surface area contributed by atoms with Crippen molar-refractivity contribution >= 4 is 11.6 Å². The van der Waals surface area contributed by atoms with Crippen molar-refractivity contribution in [2.24, 2.45) is 5.92 Å². The zero-order valence-electron chi connectivity index (χ0n) is 12.4. The number of halogens is 1. The topological polar surface area (TPSA) is 15.3 Å². The van der Waals surface area contributed by atoms with E-state index in [0.29, 0.717) is 24.0 Å². The zero-order chi connectivity index (χ0) is 14.0. The first-order valence-corrected chi connectivity index (χ1v) is 7.57. The first kappa shape index (κ1) is 14.8. The van der Waals surface area contributed by atoms with Gasteiger partial charge in [-0.2, -0.15) is 0 Å². The first-order chi connectivity index (χ1) is 8.97. The molecule has 0 spiro atoms. The van der Waals surface area contributed by atoms with Crippen molar-refractivity contribution in [3.8, 4) is 0 Å². The predicted octanol–water partition coefficient (Wildman–Crippen LogP) is 3.72. The van der Waals surface area contributed by atoms with Gasteiger partial charge in [0.2, 0.25) is 0 Å². The molecular weight excluding hydrogens is 256 g/mol. The fourth-order valence-corrected chi connectivity index (χ4v) is 3.07. The Kier molecular flexibility index (Phi) is 4.88. The molecule has 1 aliphatic heterocycles. The molecule has 0 radical (unpaired) electrons. The van der Waals surface area contributed by atoms with Crippen molar-refractivity contribution in [3.05, 3.63) is 34.9 Å². The van der Waals surface area contributed by atoms with Crippen molar-refractivity contribution in [3.63, 3.8) is 0 Å². The molecule has 3 heteroatoms. The van der Waals surface area contributed by atoms with Crippen LogP contribution in [0.25, 0.3) is 0 Å². The average Bonchev–Trinajstić information content (AvgIpc) is 2.36. The largest absolute Gasteiger partial charge is 0.307 e.